The van der Waals surface area contributed by atoms with E-state index in [1.165, 1.54) is 13.2 Å². The zero-order valence-corrected chi connectivity index (χ0v) is 11.0. The second-order valence-electron chi connectivity index (χ2n) is 4.16. The first-order valence-electron chi connectivity index (χ1n) is 6.10. The minimum Gasteiger partial charge on any atom is -0.493 e. The molecule has 0 saturated heterocycles. The van der Waals surface area contributed by atoms with E-state index in [0.717, 1.165) is 5.56 Å². The topological polar surface area (TPSA) is 52.6 Å². The predicted molar refractivity (Wildman–Crippen MR) is 74.2 cm³/mol. The third-order valence-electron chi connectivity index (χ3n) is 2.74. The molecule has 0 fully saturated rings. The molecule has 4 heteroatoms. The van der Waals surface area contributed by atoms with Crippen LogP contribution in [0.3, 0.4) is 0 Å². The monoisotopic (exact) mass is 270 g/mol. The Labute approximate surface area is 116 Å². The van der Waals surface area contributed by atoms with Crippen molar-refractivity contribution in [3.63, 3.8) is 0 Å². The van der Waals surface area contributed by atoms with Gasteiger partial charge in [-0.1, -0.05) is 30.3 Å². The van der Waals surface area contributed by atoms with Gasteiger partial charge in [-0.05, 0) is 23.8 Å². The first-order valence-corrected chi connectivity index (χ1v) is 6.10. The van der Waals surface area contributed by atoms with E-state index in [0.29, 0.717) is 17.6 Å². The van der Waals surface area contributed by atoms with Gasteiger partial charge in [-0.25, -0.2) is 0 Å². The van der Waals surface area contributed by atoms with Crippen LogP contribution in [0.4, 0.5) is 0 Å². The fraction of sp³-hybridized carbons (Fsp3) is 0.125. The number of aldehydes is 1. The molecule has 0 aromatic heterocycles. The van der Waals surface area contributed by atoms with E-state index in [9.17, 15) is 9.59 Å². The summed E-state index contributed by atoms with van der Waals surface area (Å²) in [6.45, 7) is 0. The fourth-order valence-electron chi connectivity index (χ4n) is 1.77. The molecule has 0 aliphatic carbocycles. The Hall–Kier alpha value is -2.62. The lowest BCUT2D eigenvalue weighted by molar-refractivity contribution is -0.133. The molecular formula is C16H14O4. The van der Waals surface area contributed by atoms with E-state index in [1.807, 2.05) is 30.3 Å². The smallest absolute Gasteiger partial charge is 0.315 e. The molecule has 2 rings (SSSR count). The maximum Gasteiger partial charge on any atom is 0.315 e. The highest BCUT2D eigenvalue weighted by atomic mass is 16.6. The van der Waals surface area contributed by atoms with Crippen molar-refractivity contribution in [3.8, 4) is 11.5 Å². The second kappa shape index (κ2) is 6.52. The number of rotatable bonds is 5. The van der Waals surface area contributed by atoms with Gasteiger partial charge in [0.2, 0.25) is 0 Å². The van der Waals surface area contributed by atoms with Gasteiger partial charge >= 0.3 is 5.97 Å². The van der Waals surface area contributed by atoms with Gasteiger partial charge in [0, 0.05) is 5.56 Å². The molecule has 0 saturated carbocycles. The Balaban J connectivity index is 2.12. The highest BCUT2D eigenvalue weighted by Crippen LogP contribution is 2.27. The zero-order chi connectivity index (χ0) is 14.4. The summed E-state index contributed by atoms with van der Waals surface area (Å²) in [4.78, 5) is 22.6. The molecule has 102 valence electrons. The van der Waals surface area contributed by atoms with Crippen molar-refractivity contribution in [3.05, 3.63) is 59.7 Å². The Kier molecular flexibility index (Phi) is 4.50. The molecule has 0 radical (unpaired) electrons. The van der Waals surface area contributed by atoms with Crippen molar-refractivity contribution in [1.82, 2.24) is 0 Å². The summed E-state index contributed by atoms with van der Waals surface area (Å²) in [6, 6.07) is 14.0. The number of carbonyl (C=O) groups excluding carboxylic acids is 2. The van der Waals surface area contributed by atoms with Gasteiger partial charge in [-0.15, -0.1) is 0 Å². The van der Waals surface area contributed by atoms with Gasteiger partial charge < -0.3 is 9.47 Å². The summed E-state index contributed by atoms with van der Waals surface area (Å²) < 4.78 is 10.4. The largest absolute Gasteiger partial charge is 0.493 e. The maximum atomic E-state index is 11.9. The Morgan fingerprint density at radius 3 is 2.50 bits per heavy atom. The first kappa shape index (κ1) is 13.8. The van der Waals surface area contributed by atoms with Crippen molar-refractivity contribution in [2.24, 2.45) is 0 Å². The lowest BCUT2D eigenvalue weighted by Gasteiger charge is -2.09. The lowest BCUT2D eigenvalue weighted by atomic mass is 10.1. The van der Waals surface area contributed by atoms with E-state index < -0.39 is 5.97 Å². The summed E-state index contributed by atoms with van der Waals surface area (Å²) in [7, 11) is 1.48. The number of benzene rings is 2. The third kappa shape index (κ3) is 3.45. The minimum absolute atomic E-state index is 0.162. The molecule has 0 N–H and O–H groups in total. The highest BCUT2D eigenvalue weighted by molar-refractivity contribution is 5.79. The number of esters is 1. The van der Waals surface area contributed by atoms with Crippen LogP contribution in [0, 0.1) is 0 Å². The fourth-order valence-corrected chi connectivity index (χ4v) is 1.77. The molecule has 0 heterocycles. The summed E-state index contributed by atoms with van der Waals surface area (Å²) >= 11 is 0. The Morgan fingerprint density at radius 2 is 1.85 bits per heavy atom. The Bertz CT molecular complexity index is 605. The lowest BCUT2D eigenvalue weighted by Crippen LogP contribution is -2.12. The van der Waals surface area contributed by atoms with Crippen molar-refractivity contribution in [2.75, 3.05) is 7.11 Å². The third-order valence-corrected chi connectivity index (χ3v) is 2.74. The van der Waals surface area contributed by atoms with Gasteiger partial charge in [0.05, 0.1) is 13.5 Å². The van der Waals surface area contributed by atoms with Crippen molar-refractivity contribution < 1.29 is 19.1 Å². The standard InChI is InChI=1S/C16H14O4/c1-19-14-8-7-13(11-17)9-15(14)20-16(18)10-12-5-3-2-4-6-12/h2-9,11H,10H2,1H3. The van der Waals surface area contributed by atoms with Crippen LogP contribution in [0.1, 0.15) is 15.9 Å². The van der Waals surface area contributed by atoms with Crippen LogP contribution in [-0.2, 0) is 11.2 Å². The summed E-state index contributed by atoms with van der Waals surface area (Å²) in [5.74, 6) is 0.257. The van der Waals surface area contributed by atoms with E-state index in [2.05, 4.69) is 0 Å². The normalized spacial score (nSPS) is 9.85. The summed E-state index contributed by atoms with van der Waals surface area (Å²) in [5.41, 5.74) is 1.29. The molecule has 0 spiro atoms. The predicted octanol–water partition coefficient (Wildman–Crippen LogP) is 2.66. The van der Waals surface area contributed by atoms with Crippen molar-refractivity contribution in [2.45, 2.75) is 6.42 Å². The zero-order valence-electron chi connectivity index (χ0n) is 11.0. The van der Waals surface area contributed by atoms with E-state index >= 15 is 0 Å². The van der Waals surface area contributed by atoms with E-state index in [1.54, 1.807) is 12.1 Å². The van der Waals surface area contributed by atoms with Crippen LogP contribution in [0.2, 0.25) is 0 Å². The SMILES string of the molecule is COc1ccc(C=O)cc1OC(=O)Cc1ccccc1. The molecular weight excluding hydrogens is 256 g/mol. The van der Waals surface area contributed by atoms with Crippen LogP contribution < -0.4 is 9.47 Å². The molecule has 2 aromatic rings. The molecule has 0 amide bonds. The quantitative estimate of drug-likeness (QED) is 0.476. The number of ether oxygens (including phenoxy) is 2. The molecule has 0 aliphatic heterocycles. The van der Waals surface area contributed by atoms with Crippen LogP contribution >= 0.6 is 0 Å². The maximum absolute atomic E-state index is 11.9. The first-order chi connectivity index (χ1) is 9.72. The van der Waals surface area contributed by atoms with E-state index in [-0.39, 0.29) is 12.2 Å². The molecule has 0 unspecified atom stereocenters. The minimum atomic E-state index is -0.405. The molecule has 0 bridgehead atoms. The average Bonchev–Trinajstić information content (AvgIpc) is 2.48. The molecule has 0 aliphatic rings. The molecule has 0 atom stereocenters. The van der Waals surface area contributed by atoms with Crippen LogP contribution in [0.15, 0.2) is 48.5 Å². The summed E-state index contributed by atoms with van der Waals surface area (Å²) in [6.07, 6.45) is 0.850. The Morgan fingerprint density at radius 1 is 1.10 bits per heavy atom. The summed E-state index contributed by atoms with van der Waals surface area (Å²) in [5, 5.41) is 0. The number of hydrogen-bond donors (Lipinski definition) is 0. The van der Waals surface area contributed by atoms with Crippen LogP contribution in [0.5, 0.6) is 11.5 Å². The van der Waals surface area contributed by atoms with Gasteiger partial charge in [-0.3, -0.25) is 9.59 Å². The van der Waals surface area contributed by atoms with Crippen molar-refractivity contribution in [1.29, 1.82) is 0 Å². The van der Waals surface area contributed by atoms with Gasteiger partial charge in [0.1, 0.15) is 6.29 Å². The van der Waals surface area contributed by atoms with Crippen LogP contribution in [0.25, 0.3) is 0 Å². The van der Waals surface area contributed by atoms with Crippen molar-refractivity contribution >= 4 is 12.3 Å². The van der Waals surface area contributed by atoms with Gasteiger partial charge in [0.25, 0.3) is 0 Å². The van der Waals surface area contributed by atoms with Gasteiger partial charge in [-0.2, -0.15) is 0 Å². The molecule has 20 heavy (non-hydrogen) atoms. The second-order valence-corrected chi connectivity index (χ2v) is 4.16. The number of methoxy groups -OCH3 is 1. The number of carbonyl (C=O) groups is 2. The average molecular weight is 270 g/mol. The molecule has 2 aromatic carbocycles. The van der Waals surface area contributed by atoms with E-state index in [4.69, 9.17) is 9.47 Å². The van der Waals surface area contributed by atoms with Gasteiger partial charge in [0.15, 0.2) is 11.5 Å². The molecule has 4 nitrogen and oxygen atoms in total. The van der Waals surface area contributed by atoms with Crippen LogP contribution in [-0.4, -0.2) is 19.4 Å². The highest BCUT2D eigenvalue weighted by Gasteiger charge is 2.11. The number of hydrogen-bond acceptors (Lipinski definition) is 4.